The molecule has 1 fully saturated rings. The topological polar surface area (TPSA) is 105 Å². The minimum absolute atomic E-state index is 0.0231. The van der Waals surface area contributed by atoms with Crippen LogP contribution in [0.3, 0.4) is 0 Å². The van der Waals surface area contributed by atoms with Gasteiger partial charge >= 0.3 is 11.7 Å². The first-order chi connectivity index (χ1) is 12.4. The molecule has 0 aliphatic carbocycles. The number of aromatic carboxylic acids is 1. The lowest BCUT2D eigenvalue weighted by Crippen LogP contribution is -2.43. The maximum atomic E-state index is 13.0. The second kappa shape index (κ2) is 7.63. The van der Waals surface area contributed by atoms with Gasteiger partial charge in [-0.3, -0.25) is 9.69 Å². The van der Waals surface area contributed by atoms with E-state index in [2.05, 4.69) is 4.98 Å². The Hall–Kier alpha value is -2.13. The fourth-order valence-corrected chi connectivity index (χ4v) is 3.26. The van der Waals surface area contributed by atoms with Crippen molar-refractivity contribution < 1.29 is 14.6 Å². The highest BCUT2D eigenvalue weighted by molar-refractivity contribution is 6.35. The van der Waals surface area contributed by atoms with Gasteiger partial charge < -0.3 is 14.8 Å². The van der Waals surface area contributed by atoms with E-state index < -0.39 is 22.9 Å². The second-order valence-electron chi connectivity index (χ2n) is 5.71. The van der Waals surface area contributed by atoms with Gasteiger partial charge in [0.2, 0.25) is 0 Å². The summed E-state index contributed by atoms with van der Waals surface area (Å²) in [6, 6.07) is 4.32. The lowest BCUT2D eigenvalue weighted by molar-refractivity contribution is 0.0336. The van der Waals surface area contributed by atoms with Crippen LogP contribution in [0.15, 0.2) is 27.8 Å². The quantitative estimate of drug-likeness (QED) is 0.803. The molecule has 0 unspecified atom stereocenters. The van der Waals surface area contributed by atoms with E-state index in [0.29, 0.717) is 31.3 Å². The van der Waals surface area contributed by atoms with Crippen LogP contribution in [0.2, 0.25) is 10.0 Å². The van der Waals surface area contributed by atoms with Crippen molar-refractivity contribution in [3.8, 4) is 5.69 Å². The van der Waals surface area contributed by atoms with Crippen LogP contribution in [0.5, 0.6) is 0 Å². The molecule has 1 aromatic heterocycles. The van der Waals surface area contributed by atoms with Crippen molar-refractivity contribution in [3.05, 3.63) is 60.3 Å². The molecular formula is C16H15Cl2N3O5. The zero-order chi connectivity index (χ0) is 18.8. The Morgan fingerprint density at radius 3 is 2.54 bits per heavy atom. The van der Waals surface area contributed by atoms with Gasteiger partial charge in [0.15, 0.2) is 0 Å². The number of morpholine rings is 1. The summed E-state index contributed by atoms with van der Waals surface area (Å²) in [6.45, 7) is 2.16. The first-order valence-corrected chi connectivity index (χ1v) is 8.51. The first kappa shape index (κ1) is 18.7. The van der Waals surface area contributed by atoms with E-state index in [-0.39, 0.29) is 22.8 Å². The number of hydrogen-bond acceptors (Lipinski definition) is 5. The highest BCUT2D eigenvalue weighted by Crippen LogP contribution is 2.22. The van der Waals surface area contributed by atoms with E-state index in [4.69, 9.17) is 27.9 Å². The number of rotatable bonds is 4. The van der Waals surface area contributed by atoms with Gasteiger partial charge in [-0.2, -0.15) is 0 Å². The lowest BCUT2D eigenvalue weighted by atomic mass is 10.2. The Bertz CT molecular complexity index is 963. The van der Waals surface area contributed by atoms with Crippen LogP contribution >= 0.6 is 23.2 Å². The fraction of sp³-hybridized carbons (Fsp3) is 0.312. The summed E-state index contributed by atoms with van der Waals surface area (Å²) in [4.78, 5) is 41.0. The third-order valence-electron chi connectivity index (χ3n) is 4.05. The Morgan fingerprint density at radius 2 is 1.92 bits per heavy atom. The molecule has 0 spiro atoms. The van der Waals surface area contributed by atoms with Crippen molar-refractivity contribution in [2.45, 2.75) is 6.54 Å². The number of nitrogens with one attached hydrogen (secondary N) is 1. The maximum absolute atomic E-state index is 13.0. The molecular weight excluding hydrogens is 385 g/mol. The van der Waals surface area contributed by atoms with Crippen LogP contribution < -0.4 is 11.2 Å². The first-order valence-electron chi connectivity index (χ1n) is 7.75. The molecule has 26 heavy (non-hydrogen) atoms. The number of hydrogen-bond donors (Lipinski definition) is 2. The zero-order valence-corrected chi connectivity index (χ0v) is 15.0. The summed E-state index contributed by atoms with van der Waals surface area (Å²) < 4.78 is 6.08. The molecule has 0 saturated carbocycles. The minimum Gasteiger partial charge on any atom is -0.477 e. The van der Waals surface area contributed by atoms with E-state index in [0.717, 1.165) is 4.57 Å². The second-order valence-corrected chi connectivity index (χ2v) is 6.56. The molecule has 1 aliphatic heterocycles. The number of benzene rings is 1. The van der Waals surface area contributed by atoms with Gasteiger partial charge in [0, 0.05) is 24.7 Å². The summed E-state index contributed by atoms with van der Waals surface area (Å²) in [7, 11) is 0. The van der Waals surface area contributed by atoms with Crippen LogP contribution in [0.1, 0.15) is 16.1 Å². The van der Waals surface area contributed by atoms with E-state index in [1.165, 1.54) is 18.2 Å². The molecule has 0 radical (unpaired) electrons. The Kier molecular flexibility index (Phi) is 5.47. The predicted octanol–water partition coefficient (Wildman–Crippen LogP) is 1.36. The number of H-pyrrole nitrogens is 1. The zero-order valence-electron chi connectivity index (χ0n) is 13.5. The van der Waals surface area contributed by atoms with Crippen molar-refractivity contribution in [1.29, 1.82) is 0 Å². The summed E-state index contributed by atoms with van der Waals surface area (Å²) in [6.07, 6.45) is 0. The molecule has 2 heterocycles. The number of halogens is 2. The molecule has 10 heteroatoms. The van der Waals surface area contributed by atoms with Crippen LogP contribution in [0, 0.1) is 0 Å². The summed E-state index contributed by atoms with van der Waals surface area (Å²) in [5.41, 5.74) is -1.94. The predicted molar refractivity (Wildman–Crippen MR) is 95.7 cm³/mol. The molecule has 8 nitrogen and oxygen atoms in total. The number of ether oxygens (including phenoxy) is 1. The van der Waals surface area contributed by atoms with Crippen LogP contribution in [-0.4, -0.2) is 51.8 Å². The van der Waals surface area contributed by atoms with Gasteiger partial charge in [0.05, 0.1) is 29.5 Å². The maximum Gasteiger partial charge on any atom is 0.352 e. The summed E-state index contributed by atoms with van der Waals surface area (Å²) in [5.74, 6) is -1.38. The molecule has 3 rings (SSSR count). The Morgan fingerprint density at radius 1 is 1.23 bits per heavy atom. The van der Waals surface area contributed by atoms with Crippen LogP contribution in [0.25, 0.3) is 5.69 Å². The van der Waals surface area contributed by atoms with Crippen molar-refractivity contribution in [1.82, 2.24) is 14.5 Å². The van der Waals surface area contributed by atoms with Gasteiger partial charge in [-0.05, 0) is 18.2 Å². The molecule has 0 amide bonds. The van der Waals surface area contributed by atoms with Gasteiger partial charge in [-0.25, -0.2) is 14.2 Å². The van der Waals surface area contributed by atoms with E-state index in [9.17, 15) is 19.5 Å². The molecule has 138 valence electrons. The van der Waals surface area contributed by atoms with Crippen molar-refractivity contribution >= 4 is 29.2 Å². The average molecular weight is 400 g/mol. The molecule has 2 N–H and O–H groups in total. The number of carboxylic acids is 1. The van der Waals surface area contributed by atoms with Gasteiger partial charge in [0.1, 0.15) is 5.69 Å². The average Bonchev–Trinajstić information content (AvgIpc) is 2.59. The largest absolute Gasteiger partial charge is 0.477 e. The van der Waals surface area contributed by atoms with E-state index in [1.807, 2.05) is 4.90 Å². The van der Waals surface area contributed by atoms with Gasteiger partial charge in [-0.1, -0.05) is 23.2 Å². The summed E-state index contributed by atoms with van der Waals surface area (Å²) >= 11 is 12.0. The third kappa shape index (κ3) is 3.68. The molecule has 2 aromatic rings. The molecule has 0 atom stereocenters. The van der Waals surface area contributed by atoms with E-state index in [1.54, 1.807) is 0 Å². The van der Waals surface area contributed by atoms with E-state index >= 15 is 0 Å². The van der Waals surface area contributed by atoms with Crippen LogP contribution in [0.4, 0.5) is 0 Å². The van der Waals surface area contributed by atoms with Crippen molar-refractivity contribution in [2.24, 2.45) is 0 Å². The fourth-order valence-electron chi connectivity index (χ4n) is 2.77. The third-order valence-corrected chi connectivity index (χ3v) is 4.59. The Balaban J connectivity index is 2.17. The highest BCUT2D eigenvalue weighted by Gasteiger charge is 2.23. The SMILES string of the molecule is O=C(O)c1[nH]c(=O)n(-c2ccc(Cl)cc2Cl)c(=O)c1CN1CCOCC1. The van der Waals surface area contributed by atoms with Gasteiger partial charge in [-0.15, -0.1) is 0 Å². The smallest absolute Gasteiger partial charge is 0.352 e. The number of nitrogens with zero attached hydrogens (tertiary/aromatic N) is 2. The van der Waals surface area contributed by atoms with Crippen molar-refractivity contribution in [3.63, 3.8) is 0 Å². The number of aromatic amines is 1. The highest BCUT2D eigenvalue weighted by atomic mass is 35.5. The molecule has 1 aromatic carbocycles. The number of carboxylic acid groups (broad SMARTS) is 1. The number of aromatic nitrogens is 2. The van der Waals surface area contributed by atoms with Gasteiger partial charge in [0.25, 0.3) is 5.56 Å². The molecule has 0 bridgehead atoms. The normalized spacial score (nSPS) is 15.2. The Labute approximate surface area is 157 Å². The molecule has 1 saturated heterocycles. The summed E-state index contributed by atoms with van der Waals surface area (Å²) in [5, 5.41) is 9.84. The lowest BCUT2D eigenvalue weighted by Gasteiger charge is -2.26. The molecule has 1 aliphatic rings. The number of carbonyl (C=O) groups is 1. The standard InChI is InChI=1S/C16H15Cl2N3O5/c17-9-1-2-12(11(18)7-9)21-14(22)10(8-20-3-5-26-6-4-20)13(15(23)24)19-16(21)25/h1-2,7H,3-6,8H2,(H,19,25)(H,23,24). The van der Waals surface area contributed by atoms with Crippen molar-refractivity contribution in [2.75, 3.05) is 26.3 Å². The monoisotopic (exact) mass is 399 g/mol. The minimum atomic E-state index is -1.38. The van der Waals surface area contributed by atoms with Crippen LogP contribution in [-0.2, 0) is 11.3 Å².